The maximum atomic E-state index is 12.7. The molecule has 0 aliphatic carbocycles. The number of likely N-dealkylation sites (tertiary alicyclic amines) is 1. The Kier molecular flexibility index (Phi) is 5.04. The molecule has 1 unspecified atom stereocenters. The summed E-state index contributed by atoms with van der Waals surface area (Å²) in [6.07, 6.45) is 1.99. The summed E-state index contributed by atoms with van der Waals surface area (Å²) in [6.45, 7) is 7.13. The molecule has 1 N–H and O–H groups in total. The number of piperidine rings is 1. The van der Waals surface area contributed by atoms with E-state index in [1.54, 1.807) is 17.0 Å². The smallest absolute Gasteiger partial charge is 0.273 e. The van der Waals surface area contributed by atoms with Gasteiger partial charge in [-0.15, -0.1) is 0 Å². The van der Waals surface area contributed by atoms with E-state index in [1.165, 1.54) is 6.07 Å². The SMILES string of the molecule is CNC1CCCN(C(=O)c2ccc(C(C)(C)C)c([N+](=O)[O-])c2)C1. The number of nitro groups is 1. The van der Waals surface area contributed by atoms with E-state index < -0.39 is 4.92 Å². The van der Waals surface area contributed by atoms with Crippen molar-refractivity contribution >= 4 is 11.6 Å². The monoisotopic (exact) mass is 319 g/mol. The number of nitro benzene ring substituents is 1. The number of carbonyl (C=O) groups excluding carboxylic acids is 1. The van der Waals surface area contributed by atoms with Gasteiger partial charge in [0.2, 0.25) is 0 Å². The Morgan fingerprint density at radius 3 is 2.65 bits per heavy atom. The Hall–Kier alpha value is -1.95. The van der Waals surface area contributed by atoms with Gasteiger partial charge in [-0.3, -0.25) is 14.9 Å². The van der Waals surface area contributed by atoms with E-state index in [9.17, 15) is 14.9 Å². The molecule has 1 atom stereocenters. The van der Waals surface area contributed by atoms with Crippen molar-refractivity contribution in [3.8, 4) is 0 Å². The maximum absolute atomic E-state index is 12.7. The summed E-state index contributed by atoms with van der Waals surface area (Å²) < 4.78 is 0. The van der Waals surface area contributed by atoms with Crippen LogP contribution in [0.1, 0.15) is 49.5 Å². The number of amides is 1. The predicted octanol–water partition coefficient (Wildman–Crippen LogP) is 2.72. The largest absolute Gasteiger partial charge is 0.337 e. The summed E-state index contributed by atoms with van der Waals surface area (Å²) in [5.41, 5.74) is 0.713. The molecule has 0 radical (unpaired) electrons. The van der Waals surface area contributed by atoms with Crippen LogP contribution in [0.15, 0.2) is 18.2 Å². The summed E-state index contributed by atoms with van der Waals surface area (Å²) in [7, 11) is 1.89. The Labute approximate surface area is 137 Å². The van der Waals surface area contributed by atoms with Gasteiger partial charge in [-0.05, 0) is 31.4 Å². The zero-order chi connectivity index (χ0) is 17.2. The Morgan fingerprint density at radius 2 is 2.09 bits per heavy atom. The fourth-order valence-electron chi connectivity index (χ4n) is 3.03. The second-order valence-electron chi connectivity index (χ2n) is 7.12. The topological polar surface area (TPSA) is 75.5 Å². The number of nitrogens with zero attached hydrogens (tertiary/aromatic N) is 2. The molecule has 0 bridgehead atoms. The van der Waals surface area contributed by atoms with Crippen molar-refractivity contribution in [3.05, 3.63) is 39.4 Å². The van der Waals surface area contributed by atoms with E-state index in [0.717, 1.165) is 12.8 Å². The molecule has 2 rings (SSSR count). The molecule has 1 aliphatic heterocycles. The van der Waals surface area contributed by atoms with Gasteiger partial charge >= 0.3 is 0 Å². The van der Waals surface area contributed by atoms with Gasteiger partial charge in [-0.25, -0.2) is 0 Å². The lowest BCUT2D eigenvalue weighted by Crippen LogP contribution is -2.47. The van der Waals surface area contributed by atoms with E-state index in [2.05, 4.69) is 5.32 Å². The van der Waals surface area contributed by atoms with Crippen LogP contribution in [0, 0.1) is 10.1 Å². The summed E-state index contributed by atoms with van der Waals surface area (Å²) >= 11 is 0. The quantitative estimate of drug-likeness (QED) is 0.686. The highest BCUT2D eigenvalue weighted by Crippen LogP contribution is 2.32. The number of carbonyl (C=O) groups is 1. The fraction of sp³-hybridized carbons (Fsp3) is 0.588. The lowest BCUT2D eigenvalue weighted by Gasteiger charge is -2.32. The first kappa shape index (κ1) is 17.4. The average molecular weight is 319 g/mol. The highest BCUT2D eigenvalue weighted by atomic mass is 16.6. The normalized spacial score (nSPS) is 18.8. The van der Waals surface area contributed by atoms with Crippen LogP contribution in [-0.2, 0) is 5.41 Å². The van der Waals surface area contributed by atoms with Gasteiger partial charge in [0, 0.05) is 36.3 Å². The molecule has 1 saturated heterocycles. The third-order valence-corrected chi connectivity index (χ3v) is 4.37. The molecule has 6 heteroatoms. The molecule has 0 spiro atoms. The summed E-state index contributed by atoms with van der Waals surface area (Å²) in [5.74, 6) is -0.131. The van der Waals surface area contributed by atoms with Gasteiger partial charge in [0.15, 0.2) is 0 Å². The van der Waals surface area contributed by atoms with Crippen LogP contribution < -0.4 is 5.32 Å². The highest BCUT2D eigenvalue weighted by molar-refractivity contribution is 5.95. The Bertz CT molecular complexity index is 608. The number of benzene rings is 1. The molecular weight excluding hydrogens is 294 g/mol. The zero-order valence-electron chi connectivity index (χ0n) is 14.3. The molecule has 1 aliphatic rings. The molecule has 1 aromatic carbocycles. The van der Waals surface area contributed by atoms with Crippen molar-refractivity contribution in [1.29, 1.82) is 0 Å². The van der Waals surface area contributed by atoms with Crippen molar-refractivity contribution in [1.82, 2.24) is 10.2 Å². The summed E-state index contributed by atoms with van der Waals surface area (Å²) in [6, 6.07) is 5.13. The number of hydrogen-bond donors (Lipinski definition) is 1. The van der Waals surface area contributed by atoms with Crippen LogP contribution in [0.3, 0.4) is 0 Å². The molecule has 1 aromatic rings. The summed E-state index contributed by atoms with van der Waals surface area (Å²) in [4.78, 5) is 25.4. The molecule has 0 aromatic heterocycles. The van der Waals surface area contributed by atoms with E-state index in [4.69, 9.17) is 0 Å². The molecule has 126 valence electrons. The van der Waals surface area contributed by atoms with Crippen LogP contribution in [0.2, 0.25) is 0 Å². The molecule has 23 heavy (non-hydrogen) atoms. The third kappa shape index (κ3) is 3.88. The average Bonchev–Trinajstić information content (AvgIpc) is 2.52. The van der Waals surface area contributed by atoms with Gasteiger partial charge in [0.25, 0.3) is 11.6 Å². The predicted molar refractivity (Wildman–Crippen MR) is 89.8 cm³/mol. The molecule has 1 heterocycles. The first-order valence-electron chi connectivity index (χ1n) is 7.99. The molecular formula is C17H25N3O3. The molecule has 1 amide bonds. The van der Waals surface area contributed by atoms with Gasteiger partial charge in [0.1, 0.15) is 0 Å². The standard InChI is InChI=1S/C17H25N3O3/c1-17(2,3)14-8-7-12(10-15(14)20(22)23)16(21)19-9-5-6-13(11-19)18-4/h7-8,10,13,18H,5-6,9,11H2,1-4H3. The maximum Gasteiger partial charge on any atom is 0.273 e. The second-order valence-corrected chi connectivity index (χ2v) is 7.12. The number of nitrogens with one attached hydrogen (secondary N) is 1. The van der Waals surface area contributed by atoms with Crippen LogP contribution in [0.25, 0.3) is 0 Å². The van der Waals surface area contributed by atoms with Crippen LogP contribution >= 0.6 is 0 Å². The highest BCUT2D eigenvalue weighted by Gasteiger charge is 2.28. The lowest BCUT2D eigenvalue weighted by molar-refractivity contribution is -0.386. The first-order chi connectivity index (χ1) is 10.7. The van der Waals surface area contributed by atoms with Gasteiger partial charge in [-0.2, -0.15) is 0 Å². The van der Waals surface area contributed by atoms with Gasteiger partial charge in [-0.1, -0.05) is 26.8 Å². The minimum atomic E-state index is -0.399. The molecule has 6 nitrogen and oxygen atoms in total. The third-order valence-electron chi connectivity index (χ3n) is 4.37. The van der Waals surface area contributed by atoms with Crippen LogP contribution in [-0.4, -0.2) is 41.9 Å². The first-order valence-corrected chi connectivity index (χ1v) is 7.99. The van der Waals surface area contributed by atoms with Crippen molar-refractivity contribution < 1.29 is 9.72 Å². The minimum absolute atomic E-state index is 0.0190. The van der Waals surface area contributed by atoms with Crippen LogP contribution in [0.4, 0.5) is 5.69 Å². The Balaban J connectivity index is 2.31. The van der Waals surface area contributed by atoms with Gasteiger partial charge in [0.05, 0.1) is 4.92 Å². The van der Waals surface area contributed by atoms with Gasteiger partial charge < -0.3 is 10.2 Å². The van der Waals surface area contributed by atoms with Crippen molar-refractivity contribution in [2.24, 2.45) is 0 Å². The van der Waals surface area contributed by atoms with Crippen molar-refractivity contribution in [3.63, 3.8) is 0 Å². The minimum Gasteiger partial charge on any atom is -0.337 e. The van der Waals surface area contributed by atoms with Crippen molar-refractivity contribution in [2.45, 2.75) is 45.1 Å². The number of hydrogen-bond acceptors (Lipinski definition) is 4. The van der Waals surface area contributed by atoms with E-state index >= 15 is 0 Å². The summed E-state index contributed by atoms with van der Waals surface area (Å²) in [5, 5.41) is 14.6. The van der Waals surface area contributed by atoms with E-state index in [-0.39, 0.29) is 23.1 Å². The number of likely N-dealkylation sites (N-methyl/N-ethyl adjacent to an activating group) is 1. The van der Waals surface area contributed by atoms with Crippen molar-refractivity contribution in [2.75, 3.05) is 20.1 Å². The van der Waals surface area contributed by atoms with E-state index in [0.29, 0.717) is 24.2 Å². The Morgan fingerprint density at radius 1 is 1.39 bits per heavy atom. The lowest BCUT2D eigenvalue weighted by atomic mass is 9.85. The van der Waals surface area contributed by atoms with Crippen LogP contribution in [0.5, 0.6) is 0 Å². The fourth-order valence-corrected chi connectivity index (χ4v) is 3.03. The molecule has 1 fully saturated rings. The number of rotatable bonds is 3. The van der Waals surface area contributed by atoms with E-state index in [1.807, 2.05) is 27.8 Å². The zero-order valence-corrected chi connectivity index (χ0v) is 14.3. The second kappa shape index (κ2) is 6.66. The molecule has 0 saturated carbocycles.